The summed E-state index contributed by atoms with van der Waals surface area (Å²) in [5, 5.41) is 6.61. The molecule has 0 saturated carbocycles. The topological polar surface area (TPSA) is 85.8 Å². The van der Waals surface area contributed by atoms with Gasteiger partial charge < -0.3 is 15.5 Å². The molecular weight excluding hydrogens is 477 g/mol. The predicted octanol–water partition coefficient (Wildman–Crippen LogP) is 2.07. The molecule has 1 aromatic rings. The van der Waals surface area contributed by atoms with Crippen molar-refractivity contribution in [2.75, 3.05) is 44.4 Å². The van der Waals surface area contributed by atoms with Crippen molar-refractivity contribution >= 4 is 45.6 Å². The summed E-state index contributed by atoms with van der Waals surface area (Å²) in [6.45, 7) is 5.44. The Bertz CT molecular complexity index is 705. The van der Waals surface area contributed by atoms with E-state index in [4.69, 9.17) is 0 Å². The minimum atomic E-state index is -3.12. The fourth-order valence-electron chi connectivity index (χ4n) is 3.00. The number of hydrogen-bond donors (Lipinski definition) is 3. The van der Waals surface area contributed by atoms with Gasteiger partial charge in [-0.15, -0.1) is 24.0 Å². The van der Waals surface area contributed by atoms with E-state index >= 15 is 0 Å². The van der Waals surface area contributed by atoms with Crippen LogP contribution in [0.4, 0.5) is 5.69 Å². The summed E-state index contributed by atoms with van der Waals surface area (Å²) in [4.78, 5) is 6.67. The van der Waals surface area contributed by atoms with Crippen LogP contribution in [0.15, 0.2) is 29.3 Å². The minimum absolute atomic E-state index is 0. The van der Waals surface area contributed by atoms with Gasteiger partial charge in [-0.2, -0.15) is 0 Å². The van der Waals surface area contributed by atoms with Crippen molar-refractivity contribution in [2.24, 2.45) is 4.99 Å². The molecule has 0 amide bonds. The highest BCUT2D eigenvalue weighted by molar-refractivity contribution is 14.0. The second-order valence-electron chi connectivity index (χ2n) is 6.67. The first kappa shape index (κ1) is 24.0. The predicted molar refractivity (Wildman–Crippen MR) is 124 cm³/mol. The third kappa shape index (κ3) is 8.65. The highest BCUT2D eigenvalue weighted by Crippen LogP contribution is 2.23. The molecule has 0 aliphatic carbocycles. The Morgan fingerprint density at radius 2 is 1.96 bits per heavy atom. The van der Waals surface area contributed by atoms with Gasteiger partial charge in [0.15, 0.2) is 5.96 Å². The van der Waals surface area contributed by atoms with Gasteiger partial charge in [0.2, 0.25) is 10.0 Å². The van der Waals surface area contributed by atoms with Crippen LogP contribution in [0, 0.1) is 0 Å². The van der Waals surface area contributed by atoms with Gasteiger partial charge >= 0.3 is 0 Å². The number of halogens is 1. The highest BCUT2D eigenvalue weighted by Gasteiger charge is 2.14. The number of sulfonamides is 1. The van der Waals surface area contributed by atoms with Gasteiger partial charge in [-0.25, -0.2) is 13.1 Å². The van der Waals surface area contributed by atoms with E-state index in [1.54, 1.807) is 7.05 Å². The van der Waals surface area contributed by atoms with Crippen molar-refractivity contribution in [3.05, 3.63) is 29.8 Å². The second-order valence-corrected chi connectivity index (χ2v) is 8.51. The fourth-order valence-corrected chi connectivity index (χ4v) is 3.52. The maximum absolute atomic E-state index is 11.0. The van der Waals surface area contributed by atoms with E-state index in [2.05, 4.69) is 56.4 Å². The van der Waals surface area contributed by atoms with Crippen LogP contribution in [0.5, 0.6) is 0 Å². The van der Waals surface area contributed by atoms with E-state index < -0.39 is 10.0 Å². The molecular formula is C18H32IN5O2S. The smallest absolute Gasteiger partial charge is 0.208 e. The molecule has 0 spiro atoms. The lowest BCUT2D eigenvalue weighted by molar-refractivity contribution is 0.584. The number of anilines is 1. The Hall–Kier alpha value is -1.07. The Kier molecular flexibility index (Phi) is 10.4. The van der Waals surface area contributed by atoms with E-state index in [9.17, 15) is 8.42 Å². The zero-order chi connectivity index (χ0) is 19.0. The fraction of sp³-hybridized carbons (Fsp3) is 0.611. The van der Waals surface area contributed by atoms with Crippen LogP contribution >= 0.6 is 24.0 Å². The molecule has 154 valence electrons. The molecule has 1 unspecified atom stereocenters. The Morgan fingerprint density at radius 1 is 1.26 bits per heavy atom. The molecule has 7 nitrogen and oxygen atoms in total. The average molecular weight is 509 g/mol. The number of benzene rings is 1. The summed E-state index contributed by atoms with van der Waals surface area (Å²) >= 11 is 0. The van der Waals surface area contributed by atoms with Crippen LogP contribution < -0.4 is 20.3 Å². The summed E-state index contributed by atoms with van der Waals surface area (Å²) in [5.41, 5.74) is 2.50. The van der Waals surface area contributed by atoms with Crippen molar-refractivity contribution in [1.29, 1.82) is 0 Å². The molecule has 1 fully saturated rings. The molecule has 27 heavy (non-hydrogen) atoms. The lowest BCUT2D eigenvalue weighted by Crippen LogP contribution is -2.40. The molecule has 1 aliphatic heterocycles. The number of nitrogens with one attached hydrogen (secondary N) is 3. The SMILES string of the molecule is CN=C(NCCCNS(C)(=O)=O)NC(C)c1cccc(N2CCCC2)c1.I. The number of rotatable bonds is 8. The van der Waals surface area contributed by atoms with Gasteiger partial charge in [0.1, 0.15) is 0 Å². The molecule has 1 heterocycles. The largest absolute Gasteiger partial charge is 0.372 e. The Balaban J connectivity index is 0.00000364. The van der Waals surface area contributed by atoms with E-state index in [1.165, 1.54) is 30.3 Å². The van der Waals surface area contributed by atoms with Crippen molar-refractivity contribution in [1.82, 2.24) is 15.4 Å². The molecule has 9 heteroatoms. The summed E-state index contributed by atoms with van der Waals surface area (Å²) in [5.74, 6) is 0.712. The molecule has 0 radical (unpaired) electrons. The van der Waals surface area contributed by atoms with E-state index in [0.717, 1.165) is 13.1 Å². The zero-order valence-corrected chi connectivity index (χ0v) is 19.5. The van der Waals surface area contributed by atoms with E-state index in [1.807, 2.05) is 0 Å². The van der Waals surface area contributed by atoms with Gasteiger partial charge in [-0.3, -0.25) is 4.99 Å². The van der Waals surface area contributed by atoms with Crippen molar-refractivity contribution in [3.8, 4) is 0 Å². The first-order valence-corrected chi connectivity index (χ1v) is 11.0. The van der Waals surface area contributed by atoms with Crippen LogP contribution in [0.3, 0.4) is 0 Å². The average Bonchev–Trinajstić information content (AvgIpc) is 3.14. The number of guanidine groups is 1. The molecule has 1 aromatic carbocycles. The van der Waals surface area contributed by atoms with Gasteiger partial charge in [0.25, 0.3) is 0 Å². The van der Waals surface area contributed by atoms with Crippen LogP contribution in [0.2, 0.25) is 0 Å². The maximum atomic E-state index is 11.0. The monoisotopic (exact) mass is 509 g/mol. The highest BCUT2D eigenvalue weighted by atomic mass is 127. The van der Waals surface area contributed by atoms with Crippen molar-refractivity contribution < 1.29 is 8.42 Å². The van der Waals surface area contributed by atoms with Gasteiger partial charge in [-0.05, 0) is 43.9 Å². The Labute approximate surface area is 180 Å². The van der Waals surface area contributed by atoms with Gasteiger partial charge in [0, 0.05) is 38.9 Å². The molecule has 1 aliphatic rings. The molecule has 1 atom stereocenters. The summed E-state index contributed by atoms with van der Waals surface area (Å²) in [6.07, 6.45) is 4.39. The number of hydrogen-bond acceptors (Lipinski definition) is 4. The van der Waals surface area contributed by atoms with Crippen LogP contribution in [-0.4, -0.2) is 53.9 Å². The minimum Gasteiger partial charge on any atom is -0.372 e. The molecule has 0 aromatic heterocycles. The van der Waals surface area contributed by atoms with Crippen molar-refractivity contribution in [3.63, 3.8) is 0 Å². The summed E-state index contributed by atoms with van der Waals surface area (Å²) in [7, 11) is -1.39. The molecule has 1 saturated heterocycles. The lowest BCUT2D eigenvalue weighted by atomic mass is 10.1. The molecule has 3 N–H and O–H groups in total. The molecule has 0 bridgehead atoms. The van der Waals surface area contributed by atoms with E-state index in [0.29, 0.717) is 25.5 Å². The summed E-state index contributed by atoms with van der Waals surface area (Å²) < 4.78 is 24.6. The lowest BCUT2D eigenvalue weighted by Gasteiger charge is -2.22. The third-order valence-electron chi connectivity index (χ3n) is 4.43. The second kappa shape index (κ2) is 11.7. The van der Waals surface area contributed by atoms with Crippen LogP contribution in [-0.2, 0) is 10.0 Å². The van der Waals surface area contributed by atoms with Crippen LogP contribution in [0.1, 0.15) is 37.8 Å². The first-order chi connectivity index (χ1) is 12.4. The van der Waals surface area contributed by atoms with Crippen molar-refractivity contribution in [2.45, 2.75) is 32.2 Å². The standard InChI is InChI=1S/C18H31N5O2S.HI/c1-15(16-8-6-9-17(14-16)23-12-4-5-13-23)22-18(19-2)20-10-7-11-21-26(3,24)25;/h6,8-9,14-15,21H,4-5,7,10-13H2,1-3H3,(H2,19,20,22);1H. The maximum Gasteiger partial charge on any atom is 0.208 e. The van der Waals surface area contributed by atoms with Gasteiger partial charge in [-0.1, -0.05) is 12.1 Å². The number of aliphatic imine (C=N–C) groups is 1. The zero-order valence-electron chi connectivity index (χ0n) is 16.4. The summed E-state index contributed by atoms with van der Waals surface area (Å²) in [6, 6.07) is 8.77. The Morgan fingerprint density at radius 3 is 2.59 bits per heavy atom. The molecule has 2 rings (SSSR count). The van der Waals surface area contributed by atoms with E-state index in [-0.39, 0.29) is 30.0 Å². The van der Waals surface area contributed by atoms with Crippen LogP contribution in [0.25, 0.3) is 0 Å². The number of nitrogens with zero attached hydrogens (tertiary/aromatic N) is 2. The van der Waals surface area contributed by atoms with Gasteiger partial charge in [0.05, 0.1) is 12.3 Å². The first-order valence-electron chi connectivity index (χ1n) is 9.16. The normalized spacial score (nSPS) is 16.0. The quantitative estimate of drug-likeness (QED) is 0.216. The third-order valence-corrected chi connectivity index (χ3v) is 5.16.